The Hall–Kier alpha value is -1.89. The molecule has 1 aromatic heterocycles. The Kier molecular flexibility index (Phi) is 7.05. The standard InChI is InChI=1S/C19H27N5OS/c1-2-3-8-16-9-11-17(12-10-16)24-19(20-21-22-24)26-15-18(25)23-13-6-4-5-7-14-23/h9-12H,2-8,13-15H2,1H3. The number of rotatable bonds is 7. The Labute approximate surface area is 159 Å². The molecule has 0 bridgehead atoms. The molecule has 2 aromatic rings. The number of carbonyl (C=O) groups excluding carboxylic acids is 1. The summed E-state index contributed by atoms with van der Waals surface area (Å²) in [5, 5.41) is 12.6. The lowest BCUT2D eigenvalue weighted by molar-refractivity contribution is -0.128. The molecule has 26 heavy (non-hydrogen) atoms. The summed E-state index contributed by atoms with van der Waals surface area (Å²) in [6.45, 7) is 3.96. The molecule has 1 aliphatic rings. The van der Waals surface area contributed by atoms with Crippen molar-refractivity contribution in [2.45, 2.75) is 57.0 Å². The fourth-order valence-electron chi connectivity index (χ4n) is 3.15. The van der Waals surface area contributed by atoms with Crippen molar-refractivity contribution >= 4 is 17.7 Å². The SMILES string of the molecule is CCCCc1ccc(-n2nnnc2SCC(=O)N2CCCCCC2)cc1. The molecule has 140 valence electrons. The minimum atomic E-state index is 0.182. The highest BCUT2D eigenvalue weighted by atomic mass is 32.2. The number of carbonyl (C=O) groups is 1. The van der Waals surface area contributed by atoms with Gasteiger partial charge in [-0.3, -0.25) is 4.79 Å². The van der Waals surface area contributed by atoms with Crippen LogP contribution in [0, 0.1) is 0 Å². The third-order valence-corrected chi connectivity index (χ3v) is 5.63. The van der Waals surface area contributed by atoms with E-state index in [1.54, 1.807) is 4.68 Å². The Balaban J connectivity index is 1.60. The molecule has 1 aromatic carbocycles. The molecule has 1 amide bonds. The molecule has 1 fully saturated rings. The Bertz CT molecular complexity index is 692. The fourth-order valence-corrected chi connectivity index (χ4v) is 3.95. The third kappa shape index (κ3) is 5.06. The predicted molar refractivity (Wildman–Crippen MR) is 104 cm³/mol. The Morgan fingerprint density at radius 1 is 1.12 bits per heavy atom. The highest BCUT2D eigenvalue weighted by molar-refractivity contribution is 7.99. The molecule has 0 N–H and O–H groups in total. The maximum Gasteiger partial charge on any atom is 0.233 e. The van der Waals surface area contributed by atoms with E-state index in [1.807, 2.05) is 17.0 Å². The molecule has 0 atom stereocenters. The van der Waals surface area contributed by atoms with E-state index in [9.17, 15) is 4.79 Å². The largest absolute Gasteiger partial charge is 0.342 e. The zero-order valence-electron chi connectivity index (χ0n) is 15.4. The van der Waals surface area contributed by atoms with Crippen LogP contribution in [0.1, 0.15) is 51.0 Å². The van der Waals surface area contributed by atoms with E-state index < -0.39 is 0 Å². The average molecular weight is 374 g/mol. The number of unbranched alkanes of at least 4 members (excludes halogenated alkanes) is 1. The van der Waals surface area contributed by atoms with Gasteiger partial charge in [0.1, 0.15) is 0 Å². The number of hydrogen-bond acceptors (Lipinski definition) is 5. The predicted octanol–water partition coefficient (Wildman–Crippen LogP) is 3.50. The van der Waals surface area contributed by atoms with E-state index in [4.69, 9.17) is 0 Å². The number of tetrazole rings is 1. The number of nitrogens with zero attached hydrogens (tertiary/aromatic N) is 5. The van der Waals surface area contributed by atoms with Crippen molar-refractivity contribution < 1.29 is 4.79 Å². The quantitative estimate of drug-likeness (QED) is 0.695. The van der Waals surface area contributed by atoms with Gasteiger partial charge in [0, 0.05) is 13.1 Å². The lowest BCUT2D eigenvalue weighted by Crippen LogP contribution is -2.33. The summed E-state index contributed by atoms with van der Waals surface area (Å²) in [4.78, 5) is 14.4. The van der Waals surface area contributed by atoms with Gasteiger partial charge in [-0.2, -0.15) is 4.68 Å². The zero-order chi connectivity index (χ0) is 18.2. The van der Waals surface area contributed by atoms with E-state index in [0.29, 0.717) is 10.9 Å². The van der Waals surface area contributed by atoms with Crippen LogP contribution in [0.2, 0.25) is 0 Å². The first-order valence-electron chi connectivity index (χ1n) is 9.56. The molecule has 7 heteroatoms. The van der Waals surface area contributed by atoms with Crippen molar-refractivity contribution in [1.29, 1.82) is 0 Å². The average Bonchev–Trinajstić information content (AvgIpc) is 2.97. The van der Waals surface area contributed by atoms with Gasteiger partial charge in [-0.15, -0.1) is 5.10 Å². The first-order chi connectivity index (χ1) is 12.8. The number of hydrogen-bond donors (Lipinski definition) is 0. The lowest BCUT2D eigenvalue weighted by Gasteiger charge is -2.19. The zero-order valence-corrected chi connectivity index (χ0v) is 16.2. The molecule has 6 nitrogen and oxygen atoms in total. The second kappa shape index (κ2) is 9.71. The van der Waals surface area contributed by atoms with E-state index in [-0.39, 0.29) is 5.91 Å². The number of aryl methyl sites for hydroxylation is 1. The van der Waals surface area contributed by atoms with Gasteiger partial charge in [-0.05, 0) is 53.8 Å². The summed E-state index contributed by atoms with van der Waals surface area (Å²) in [6.07, 6.45) is 8.16. The van der Waals surface area contributed by atoms with Crippen LogP contribution >= 0.6 is 11.8 Å². The summed E-state index contributed by atoms with van der Waals surface area (Å²) in [7, 11) is 0. The van der Waals surface area contributed by atoms with Crippen LogP contribution in [0.3, 0.4) is 0 Å². The van der Waals surface area contributed by atoms with Gasteiger partial charge in [0.05, 0.1) is 11.4 Å². The van der Waals surface area contributed by atoms with Crippen molar-refractivity contribution in [3.63, 3.8) is 0 Å². The molecular formula is C19H27N5OS. The lowest BCUT2D eigenvalue weighted by atomic mass is 10.1. The van der Waals surface area contributed by atoms with Gasteiger partial charge < -0.3 is 4.90 Å². The van der Waals surface area contributed by atoms with Gasteiger partial charge in [-0.1, -0.05) is 50.1 Å². The number of aromatic nitrogens is 4. The summed E-state index contributed by atoms with van der Waals surface area (Å²) in [6, 6.07) is 8.34. The van der Waals surface area contributed by atoms with E-state index in [2.05, 4.69) is 34.6 Å². The topological polar surface area (TPSA) is 63.9 Å². The van der Waals surface area contributed by atoms with E-state index >= 15 is 0 Å². The minimum Gasteiger partial charge on any atom is -0.342 e. The van der Waals surface area contributed by atoms with Crippen LogP contribution < -0.4 is 0 Å². The molecule has 3 rings (SSSR count). The van der Waals surface area contributed by atoms with Crippen LogP contribution in [-0.2, 0) is 11.2 Å². The van der Waals surface area contributed by atoms with E-state index in [1.165, 1.54) is 43.0 Å². The molecule has 2 heterocycles. The smallest absolute Gasteiger partial charge is 0.233 e. The number of likely N-dealkylation sites (tertiary alicyclic amines) is 1. The van der Waals surface area contributed by atoms with Crippen molar-refractivity contribution in [3.8, 4) is 5.69 Å². The van der Waals surface area contributed by atoms with Gasteiger partial charge >= 0.3 is 0 Å². The number of amides is 1. The summed E-state index contributed by atoms with van der Waals surface area (Å²) in [5.74, 6) is 0.566. The van der Waals surface area contributed by atoms with Crippen molar-refractivity contribution in [2.24, 2.45) is 0 Å². The molecule has 0 aliphatic carbocycles. The normalized spacial score (nSPS) is 15.0. The molecule has 0 spiro atoms. The fraction of sp³-hybridized carbons (Fsp3) is 0.579. The minimum absolute atomic E-state index is 0.182. The van der Waals surface area contributed by atoms with Crippen LogP contribution in [0.5, 0.6) is 0 Å². The second-order valence-corrected chi connectivity index (χ2v) is 7.67. The van der Waals surface area contributed by atoms with Gasteiger partial charge in [0.25, 0.3) is 0 Å². The summed E-state index contributed by atoms with van der Waals surface area (Å²) >= 11 is 1.41. The van der Waals surface area contributed by atoms with Crippen LogP contribution in [0.25, 0.3) is 5.69 Å². The third-order valence-electron chi connectivity index (χ3n) is 4.72. The van der Waals surface area contributed by atoms with Crippen LogP contribution in [0.4, 0.5) is 0 Å². The van der Waals surface area contributed by atoms with E-state index in [0.717, 1.165) is 38.0 Å². The summed E-state index contributed by atoms with van der Waals surface area (Å²) in [5.41, 5.74) is 2.26. The Morgan fingerprint density at radius 3 is 2.54 bits per heavy atom. The van der Waals surface area contributed by atoms with Crippen LogP contribution in [0.15, 0.2) is 29.4 Å². The van der Waals surface area contributed by atoms with Gasteiger partial charge in [0.2, 0.25) is 11.1 Å². The monoisotopic (exact) mass is 373 g/mol. The second-order valence-electron chi connectivity index (χ2n) is 6.73. The van der Waals surface area contributed by atoms with Gasteiger partial charge in [0.15, 0.2) is 0 Å². The molecule has 0 unspecified atom stereocenters. The molecule has 1 aliphatic heterocycles. The summed E-state index contributed by atoms with van der Waals surface area (Å²) < 4.78 is 1.71. The first-order valence-corrected chi connectivity index (χ1v) is 10.5. The van der Waals surface area contributed by atoms with Crippen LogP contribution in [-0.4, -0.2) is 49.9 Å². The molecule has 1 saturated heterocycles. The maximum atomic E-state index is 12.5. The number of thioether (sulfide) groups is 1. The Morgan fingerprint density at radius 2 is 1.85 bits per heavy atom. The van der Waals surface area contributed by atoms with Crippen molar-refractivity contribution in [2.75, 3.05) is 18.8 Å². The molecule has 0 radical (unpaired) electrons. The molecular weight excluding hydrogens is 346 g/mol. The van der Waals surface area contributed by atoms with Crippen molar-refractivity contribution in [1.82, 2.24) is 25.1 Å². The number of benzene rings is 1. The highest BCUT2D eigenvalue weighted by Gasteiger charge is 2.17. The first kappa shape index (κ1) is 18.9. The van der Waals surface area contributed by atoms with Gasteiger partial charge in [-0.25, -0.2) is 0 Å². The van der Waals surface area contributed by atoms with Crippen molar-refractivity contribution in [3.05, 3.63) is 29.8 Å². The highest BCUT2D eigenvalue weighted by Crippen LogP contribution is 2.20. The molecule has 0 saturated carbocycles. The maximum absolute atomic E-state index is 12.5.